The van der Waals surface area contributed by atoms with E-state index in [4.69, 9.17) is 10.5 Å². The first-order valence-corrected chi connectivity index (χ1v) is 7.28. The minimum Gasteiger partial charge on any atom is -0.380 e. The zero-order valence-corrected chi connectivity index (χ0v) is 12.3. The summed E-state index contributed by atoms with van der Waals surface area (Å²) in [6.45, 7) is 3.36. The number of methoxy groups -OCH3 is 1. The van der Waals surface area contributed by atoms with E-state index in [0.717, 1.165) is 36.9 Å². The first-order chi connectivity index (χ1) is 9.63. The molecular formula is C16H24N2O2. The molecule has 1 amide bonds. The molecule has 110 valence electrons. The topological polar surface area (TPSA) is 55.6 Å². The first kappa shape index (κ1) is 15.0. The number of rotatable bonds is 4. The van der Waals surface area contributed by atoms with Gasteiger partial charge < -0.3 is 15.4 Å². The summed E-state index contributed by atoms with van der Waals surface area (Å²) in [6.07, 6.45) is 3.23. The largest absolute Gasteiger partial charge is 0.380 e. The Morgan fingerprint density at radius 1 is 1.40 bits per heavy atom. The van der Waals surface area contributed by atoms with Crippen molar-refractivity contribution in [1.29, 1.82) is 0 Å². The van der Waals surface area contributed by atoms with Gasteiger partial charge in [0.2, 0.25) is 0 Å². The Morgan fingerprint density at radius 2 is 2.10 bits per heavy atom. The van der Waals surface area contributed by atoms with Crippen LogP contribution in [0.5, 0.6) is 0 Å². The number of hydrogen-bond acceptors (Lipinski definition) is 3. The Hall–Kier alpha value is -1.39. The molecule has 1 aromatic carbocycles. The smallest absolute Gasteiger partial charge is 0.254 e. The summed E-state index contributed by atoms with van der Waals surface area (Å²) in [5.41, 5.74) is 7.84. The van der Waals surface area contributed by atoms with Gasteiger partial charge in [0.1, 0.15) is 0 Å². The van der Waals surface area contributed by atoms with Gasteiger partial charge in [0.15, 0.2) is 0 Å². The van der Waals surface area contributed by atoms with Gasteiger partial charge in [-0.05, 0) is 43.9 Å². The Morgan fingerprint density at radius 3 is 2.70 bits per heavy atom. The standard InChI is InChI=1S/C16H24N2O2/c1-12(17)15-5-3-4-10-18(15)16(19)14-8-6-13(7-9-14)11-20-2/h6-9,12,15H,3-5,10-11,17H2,1-2H3. The predicted octanol–water partition coefficient (Wildman–Crippen LogP) is 2.17. The van der Waals surface area contributed by atoms with Gasteiger partial charge in [-0.2, -0.15) is 0 Å². The Bertz CT molecular complexity index is 442. The number of likely N-dealkylation sites (tertiary alicyclic amines) is 1. The molecule has 0 radical (unpaired) electrons. The summed E-state index contributed by atoms with van der Waals surface area (Å²) < 4.78 is 5.08. The molecule has 4 heteroatoms. The number of carbonyl (C=O) groups excluding carboxylic acids is 1. The van der Waals surface area contributed by atoms with Gasteiger partial charge in [0, 0.05) is 31.3 Å². The van der Waals surface area contributed by atoms with Crippen LogP contribution in [0.25, 0.3) is 0 Å². The van der Waals surface area contributed by atoms with Crippen molar-refractivity contribution in [2.45, 2.75) is 44.9 Å². The molecule has 1 fully saturated rings. The van der Waals surface area contributed by atoms with E-state index in [0.29, 0.717) is 6.61 Å². The van der Waals surface area contributed by atoms with Crippen LogP contribution in [0.2, 0.25) is 0 Å². The average molecular weight is 276 g/mol. The summed E-state index contributed by atoms with van der Waals surface area (Å²) in [6, 6.07) is 7.83. The highest BCUT2D eigenvalue weighted by Crippen LogP contribution is 2.21. The zero-order valence-electron chi connectivity index (χ0n) is 12.3. The van der Waals surface area contributed by atoms with Crippen LogP contribution in [-0.2, 0) is 11.3 Å². The third kappa shape index (κ3) is 3.38. The molecule has 0 bridgehead atoms. The molecule has 1 heterocycles. The molecule has 0 saturated carbocycles. The fourth-order valence-electron chi connectivity index (χ4n) is 2.83. The van der Waals surface area contributed by atoms with E-state index in [9.17, 15) is 4.79 Å². The average Bonchev–Trinajstić information content (AvgIpc) is 2.47. The van der Waals surface area contributed by atoms with E-state index in [2.05, 4.69) is 0 Å². The van der Waals surface area contributed by atoms with Crippen molar-refractivity contribution in [2.24, 2.45) is 5.73 Å². The van der Waals surface area contributed by atoms with E-state index in [1.165, 1.54) is 0 Å². The van der Waals surface area contributed by atoms with Crippen molar-refractivity contribution in [3.63, 3.8) is 0 Å². The summed E-state index contributed by atoms with van der Waals surface area (Å²) >= 11 is 0. The van der Waals surface area contributed by atoms with Gasteiger partial charge in [-0.25, -0.2) is 0 Å². The van der Waals surface area contributed by atoms with Crippen LogP contribution < -0.4 is 5.73 Å². The normalized spacial score (nSPS) is 20.8. The van der Waals surface area contributed by atoms with Crippen molar-refractivity contribution in [1.82, 2.24) is 4.90 Å². The van der Waals surface area contributed by atoms with Crippen LogP contribution in [0.15, 0.2) is 24.3 Å². The maximum atomic E-state index is 12.6. The molecule has 2 atom stereocenters. The maximum absolute atomic E-state index is 12.6. The van der Waals surface area contributed by atoms with Crippen molar-refractivity contribution in [2.75, 3.05) is 13.7 Å². The number of benzene rings is 1. The maximum Gasteiger partial charge on any atom is 0.254 e. The van der Waals surface area contributed by atoms with Gasteiger partial charge in [0.25, 0.3) is 5.91 Å². The lowest BCUT2D eigenvalue weighted by molar-refractivity contribution is 0.0583. The van der Waals surface area contributed by atoms with Gasteiger partial charge in [-0.15, -0.1) is 0 Å². The Kier molecular flexibility index (Phi) is 5.15. The van der Waals surface area contributed by atoms with E-state index in [1.54, 1.807) is 7.11 Å². The molecule has 20 heavy (non-hydrogen) atoms. The summed E-state index contributed by atoms with van der Waals surface area (Å²) in [7, 11) is 1.67. The molecule has 2 rings (SSSR count). The third-order valence-corrected chi connectivity index (χ3v) is 3.93. The van der Waals surface area contributed by atoms with Crippen LogP contribution in [0.3, 0.4) is 0 Å². The molecule has 0 aromatic heterocycles. The van der Waals surface area contributed by atoms with Crippen LogP contribution >= 0.6 is 0 Å². The van der Waals surface area contributed by atoms with E-state index < -0.39 is 0 Å². The number of piperidine rings is 1. The van der Waals surface area contributed by atoms with Crippen LogP contribution in [0, 0.1) is 0 Å². The number of nitrogens with two attached hydrogens (primary N) is 1. The molecule has 0 spiro atoms. The fourth-order valence-corrected chi connectivity index (χ4v) is 2.83. The lowest BCUT2D eigenvalue weighted by atomic mass is 9.96. The molecule has 4 nitrogen and oxygen atoms in total. The van der Waals surface area contributed by atoms with Crippen LogP contribution in [-0.4, -0.2) is 36.5 Å². The lowest BCUT2D eigenvalue weighted by Crippen LogP contribution is -2.51. The van der Waals surface area contributed by atoms with Gasteiger partial charge in [-0.1, -0.05) is 12.1 Å². The first-order valence-electron chi connectivity index (χ1n) is 7.28. The Labute approximate surface area is 120 Å². The molecular weight excluding hydrogens is 252 g/mol. The van der Waals surface area contributed by atoms with E-state index >= 15 is 0 Å². The highest BCUT2D eigenvalue weighted by atomic mass is 16.5. The molecule has 0 aliphatic carbocycles. The number of nitrogens with zero attached hydrogens (tertiary/aromatic N) is 1. The van der Waals surface area contributed by atoms with Gasteiger partial charge in [0.05, 0.1) is 6.61 Å². The monoisotopic (exact) mass is 276 g/mol. The molecule has 1 aliphatic rings. The highest BCUT2D eigenvalue weighted by molar-refractivity contribution is 5.94. The number of ether oxygens (including phenoxy) is 1. The van der Waals surface area contributed by atoms with Gasteiger partial charge in [-0.3, -0.25) is 4.79 Å². The van der Waals surface area contributed by atoms with Crippen molar-refractivity contribution < 1.29 is 9.53 Å². The minimum atomic E-state index is 0.0204. The van der Waals surface area contributed by atoms with Gasteiger partial charge >= 0.3 is 0 Å². The fraction of sp³-hybridized carbons (Fsp3) is 0.562. The SMILES string of the molecule is COCc1ccc(C(=O)N2CCCCC2C(C)N)cc1. The molecule has 1 saturated heterocycles. The molecule has 1 aliphatic heterocycles. The Balaban J connectivity index is 2.12. The zero-order chi connectivity index (χ0) is 14.5. The predicted molar refractivity (Wildman–Crippen MR) is 79.5 cm³/mol. The third-order valence-electron chi connectivity index (χ3n) is 3.93. The molecule has 2 N–H and O–H groups in total. The van der Waals surface area contributed by atoms with E-state index in [-0.39, 0.29) is 18.0 Å². The summed E-state index contributed by atoms with van der Waals surface area (Å²) in [5, 5.41) is 0. The van der Waals surface area contributed by atoms with E-state index in [1.807, 2.05) is 36.1 Å². The van der Waals surface area contributed by atoms with Crippen molar-refractivity contribution in [3.05, 3.63) is 35.4 Å². The van der Waals surface area contributed by atoms with Crippen molar-refractivity contribution in [3.8, 4) is 0 Å². The quantitative estimate of drug-likeness (QED) is 0.917. The number of hydrogen-bond donors (Lipinski definition) is 1. The summed E-state index contributed by atoms with van der Waals surface area (Å²) in [5.74, 6) is 0.0935. The highest BCUT2D eigenvalue weighted by Gasteiger charge is 2.29. The van der Waals surface area contributed by atoms with Crippen LogP contribution in [0.1, 0.15) is 42.1 Å². The minimum absolute atomic E-state index is 0.0204. The second kappa shape index (κ2) is 6.86. The van der Waals surface area contributed by atoms with Crippen molar-refractivity contribution >= 4 is 5.91 Å². The molecule has 1 aromatic rings. The molecule has 2 unspecified atom stereocenters. The lowest BCUT2D eigenvalue weighted by Gasteiger charge is -2.38. The number of carbonyl (C=O) groups is 1. The number of amides is 1. The second-order valence-electron chi connectivity index (χ2n) is 5.55. The van der Waals surface area contributed by atoms with Crippen LogP contribution in [0.4, 0.5) is 0 Å². The summed E-state index contributed by atoms with van der Waals surface area (Å²) in [4.78, 5) is 14.6. The second-order valence-corrected chi connectivity index (χ2v) is 5.55.